The third kappa shape index (κ3) is 3.45. The van der Waals surface area contributed by atoms with Crippen LogP contribution in [0.3, 0.4) is 0 Å². The van der Waals surface area contributed by atoms with Crippen LogP contribution in [0.4, 0.5) is 4.39 Å². The predicted octanol–water partition coefficient (Wildman–Crippen LogP) is 4.47. The van der Waals surface area contributed by atoms with Crippen molar-refractivity contribution in [2.45, 2.75) is 13.8 Å². The van der Waals surface area contributed by atoms with Crippen molar-refractivity contribution in [3.63, 3.8) is 0 Å². The first-order valence-electron chi connectivity index (χ1n) is 6.15. The van der Waals surface area contributed by atoms with E-state index in [1.807, 2.05) is 26.0 Å². The molecule has 2 nitrogen and oxygen atoms in total. The zero-order valence-electron chi connectivity index (χ0n) is 11.2. The molecule has 2 aromatic carbocycles. The number of ketones is 1. The molecule has 0 atom stereocenters. The number of aryl methyl sites for hydroxylation is 2. The van der Waals surface area contributed by atoms with Crippen LogP contribution in [0.1, 0.15) is 21.5 Å². The van der Waals surface area contributed by atoms with Crippen molar-refractivity contribution in [2.24, 2.45) is 0 Å². The first-order chi connectivity index (χ1) is 9.47. The maximum absolute atomic E-state index is 12.8. The second kappa shape index (κ2) is 6.18. The van der Waals surface area contributed by atoms with E-state index in [9.17, 15) is 9.18 Å². The van der Waals surface area contributed by atoms with Crippen molar-refractivity contribution >= 4 is 21.7 Å². The van der Waals surface area contributed by atoms with Crippen molar-refractivity contribution in [1.82, 2.24) is 0 Å². The Labute approximate surface area is 125 Å². The minimum absolute atomic E-state index is 0.0633. The van der Waals surface area contributed by atoms with Gasteiger partial charge in [-0.15, -0.1) is 0 Å². The van der Waals surface area contributed by atoms with Gasteiger partial charge in [0.2, 0.25) is 0 Å². The molecule has 0 saturated heterocycles. The van der Waals surface area contributed by atoms with Crippen molar-refractivity contribution in [1.29, 1.82) is 0 Å². The van der Waals surface area contributed by atoms with E-state index in [0.29, 0.717) is 11.3 Å². The van der Waals surface area contributed by atoms with Crippen molar-refractivity contribution in [3.8, 4) is 5.75 Å². The molecule has 4 heteroatoms. The van der Waals surface area contributed by atoms with Gasteiger partial charge in [-0.1, -0.05) is 15.9 Å². The molecule has 2 aromatic rings. The summed E-state index contributed by atoms with van der Waals surface area (Å²) in [5.41, 5.74) is 2.54. The number of ether oxygens (including phenoxy) is 1. The summed E-state index contributed by atoms with van der Waals surface area (Å²) in [6.45, 7) is 3.86. The topological polar surface area (TPSA) is 26.3 Å². The molecule has 0 unspecified atom stereocenters. The van der Waals surface area contributed by atoms with Gasteiger partial charge in [-0.2, -0.15) is 0 Å². The Morgan fingerprint density at radius 1 is 1.15 bits per heavy atom. The smallest absolute Gasteiger partial charge is 0.200 e. The first-order valence-corrected chi connectivity index (χ1v) is 6.95. The number of carbonyl (C=O) groups excluding carboxylic acids is 1. The molecule has 0 radical (unpaired) electrons. The maximum Gasteiger partial charge on any atom is 0.200 e. The van der Waals surface area contributed by atoms with Crippen molar-refractivity contribution in [2.75, 3.05) is 6.61 Å². The number of rotatable bonds is 4. The summed E-state index contributed by atoms with van der Waals surface area (Å²) < 4.78 is 19.3. The molecule has 0 amide bonds. The van der Waals surface area contributed by atoms with Gasteiger partial charge in [-0.25, -0.2) is 4.39 Å². The van der Waals surface area contributed by atoms with E-state index in [0.717, 1.165) is 15.6 Å². The van der Waals surface area contributed by atoms with Gasteiger partial charge in [0.15, 0.2) is 12.4 Å². The maximum atomic E-state index is 12.8. The third-order valence-electron chi connectivity index (χ3n) is 2.95. The Kier molecular flexibility index (Phi) is 4.55. The van der Waals surface area contributed by atoms with Crippen LogP contribution in [0.25, 0.3) is 0 Å². The van der Waals surface area contributed by atoms with Crippen LogP contribution >= 0.6 is 15.9 Å². The SMILES string of the molecule is Cc1cc(OCC(=O)c2ccc(F)cc2)cc(C)c1Br. The molecule has 0 N–H and O–H groups in total. The summed E-state index contributed by atoms with van der Waals surface area (Å²) in [4.78, 5) is 11.9. The Hall–Kier alpha value is -1.68. The van der Waals surface area contributed by atoms with Crippen LogP contribution in [-0.4, -0.2) is 12.4 Å². The van der Waals surface area contributed by atoms with Crippen LogP contribution in [0.5, 0.6) is 5.75 Å². The largest absolute Gasteiger partial charge is 0.485 e. The Morgan fingerprint density at radius 3 is 2.25 bits per heavy atom. The van der Waals surface area contributed by atoms with Gasteiger partial charge in [0.05, 0.1) is 0 Å². The number of halogens is 2. The highest BCUT2D eigenvalue weighted by atomic mass is 79.9. The third-order valence-corrected chi connectivity index (χ3v) is 4.20. The Bertz CT molecular complexity index is 612. The van der Waals surface area contributed by atoms with Gasteiger partial charge >= 0.3 is 0 Å². The van der Waals surface area contributed by atoms with E-state index in [-0.39, 0.29) is 18.2 Å². The van der Waals surface area contributed by atoms with E-state index in [1.54, 1.807) is 0 Å². The lowest BCUT2D eigenvalue weighted by Crippen LogP contribution is -2.11. The van der Waals surface area contributed by atoms with Gasteiger partial charge in [0, 0.05) is 10.0 Å². The van der Waals surface area contributed by atoms with E-state index in [2.05, 4.69) is 15.9 Å². The normalized spacial score (nSPS) is 10.4. The highest BCUT2D eigenvalue weighted by Gasteiger charge is 2.08. The zero-order valence-corrected chi connectivity index (χ0v) is 12.8. The van der Waals surface area contributed by atoms with Gasteiger partial charge in [-0.3, -0.25) is 4.79 Å². The van der Waals surface area contributed by atoms with Gasteiger partial charge in [0.25, 0.3) is 0 Å². The lowest BCUT2D eigenvalue weighted by molar-refractivity contribution is 0.0921. The molecular weight excluding hydrogens is 323 g/mol. The summed E-state index contributed by atoms with van der Waals surface area (Å²) in [6, 6.07) is 9.19. The van der Waals surface area contributed by atoms with Gasteiger partial charge in [0.1, 0.15) is 11.6 Å². The van der Waals surface area contributed by atoms with Gasteiger partial charge < -0.3 is 4.74 Å². The molecule has 0 aliphatic carbocycles. The lowest BCUT2D eigenvalue weighted by atomic mass is 10.1. The average Bonchev–Trinajstić information content (AvgIpc) is 2.42. The fourth-order valence-electron chi connectivity index (χ4n) is 1.86. The monoisotopic (exact) mass is 336 g/mol. The fraction of sp³-hybridized carbons (Fsp3) is 0.188. The number of hydrogen-bond donors (Lipinski definition) is 0. The molecule has 2 rings (SSSR count). The van der Waals surface area contributed by atoms with Crippen LogP contribution in [0, 0.1) is 19.7 Å². The summed E-state index contributed by atoms with van der Waals surface area (Å²) in [5, 5.41) is 0. The minimum atomic E-state index is -0.360. The Balaban J connectivity index is 2.05. The molecule has 20 heavy (non-hydrogen) atoms. The molecule has 0 spiro atoms. The molecule has 0 heterocycles. The molecule has 0 fully saturated rings. The van der Waals surface area contributed by atoms with Crippen LogP contribution in [-0.2, 0) is 0 Å². The standard InChI is InChI=1S/C16H14BrFO2/c1-10-7-14(8-11(2)16(10)17)20-9-15(19)12-3-5-13(18)6-4-12/h3-8H,9H2,1-2H3. The van der Waals surface area contributed by atoms with Crippen molar-refractivity contribution < 1.29 is 13.9 Å². The van der Waals surface area contributed by atoms with E-state index in [1.165, 1.54) is 24.3 Å². The summed E-state index contributed by atoms with van der Waals surface area (Å²) in [6.07, 6.45) is 0. The molecule has 0 bridgehead atoms. The van der Waals surface area contributed by atoms with Crippen molar-refractivity contribution in [3.05, 3.63) is 63.4 Å². The average molecular weight is 337 g/mol. The van der Waals surface area contributed by atoms with Crippen LogP contribution < -0.4 is 4.74 Å². The summed E-state index contributed by atoms with van der Waals surface area (Å²) in [5.74, 6) is 0.114. The van der Waals surface area contributed by atoms with E-state index >= 15 is 0 Å². The molecular formula is C16H14BrFO2. The fourth-order valence-corrected chi connectivity index (χ4v) is 2.09. The Morgan fingerprint density at radius 2 is 1.70 bits per heavy atom. The number of Topliss-reactive ketones (excluding diaryl/α,β-unsaturated/α-hetero) is 1. The lowest BCUT2D eigenvalue weighted by Gasteiger charge is -2.09. The van der Waals surface area contributed by atoms with Gasteiger partial charge in [-0.05, 0) is 61.4 Å². The highest BCUT2D eigenvalue weighted by molar-refractivity contribution is 9.10. The number of benzene rings is 2. The first kappa shape index (κ1) is 14.7. The number of hydrogen-bond acceptors (Lipinski definition) is 2. The zero-order chi connectivity index (χ0) is 14.7. The predicted molar refractivity (Wildman–Crippen MR) is 79.8 cm³/mol. The van der Waals surface area contributed by atoms with Crippen LogP contribution in [0.2, 0.25) is 0 Å². The quantitative estimate of drug-likeness (QED) is 0.770. The molecule has 0 aliphatic rings. The minimum Gasteiger partial charge on any atom is -0.485 e. The molecule has 0 saturated carbocycles. The second-order valence-corrected chi connectivity index (χ2v) is 5.38. The summed E-state index contributed by atoms with van der Waals surface area (Å²) in [7, 11) is 0. The molecule has 0 aliphatic heterocycles. The summed E-state index contributed by atoms with van der Waals surface area (Å²) >= 11 is 3.48. The van der Waals surface area contributed by atoms with Crippen LogP contribution in [0.15, 0.2) is 40.9 Å². The molecule has 0 aromatic heterocycles. The van der Waals surface area contributed by atoms with E-state index in [4.69, 9.17) is 4.74 Å². The second-order valence-electron chi connectivity index (χ2n) is 4.59. The highest BCUT2D eigenvalue weighted by Crippen LogP contribution is 2.26. The number of carbonyl (C=O) groups is 1. The molecule has 104 valence electrons. The van der Waals surface area contributed by atoms with E-state index < -0.39 is 0 Å².